The van der Waals surface area contributed by atoms with Crippen molar-refractivity contribution >= 4 is 12.2 Å². The van der Waals surface area contributed by atoms with Crippen molar-refractivity contribution in [3.8, 4) is 0 Å². The normalized spacial score (nSPS) is 10.3. The first-order chi connectivity index (χ1) is 5.31. The Morgan fingerprint density at radius 2 is 2.45 bits per heavy atom. The van der Waals surface area contributed by atoms with Crippen LogP contribution in [0, 0.1) is 0 Å². The molecule has 0 radical (unpaired) electrons. The van der Waals surface area contributed by atoms with Crippen LogP contribution in [0.4, 0.5) is 0 Å². The summed E-state index contributed by atoms with van der Waals surface area (Å²) in [5, 5.41) is 10.5. The molecule has 0 aliphatic rings. The third-order valence-electron chi connectivity index (χ3n) is 1.18. The minimum absolute atomic E-state index is 0.00403. The van der Waals surface area contributed by atoms with Crippen LogP contribution >= 0.6 is 0 Å². The summed E-state index contributed by atoms with van der Waals surface area (Å²) in [5.41, 5.74) is 0. The number of unbranched alkanes of at least 4 members (excludes halogenated alkanes) is 1. The minimum atomic E-state index is 0.00403. The highest BCUT2D eigenvalue weighted by atomic mass is 16.5. The van der Waals surface area contributed by atoms with Gasteiger partial charge in [0.1, 0.15) is 6.61 Å². The Labute approximate surface area is 65.8 Å². The Morgan fingerprint density at radius 1 is 1.73 bits per heavy atom. The molecule has 0 aromatic carbocycles. The summed E-state index contributed by atoms with van der Waals surface area (Å²) in [6.45, 7) is 2.02. The second-order valence-electron chi connectivity index (χ2n) is 2.17. The molecule has 4 heteroatoms. The molecule has 0 unspecified atom stereocenters. The second-order valence-corrected chi connectivity index (χ2v) is 2.17. The van der Waals surface area contributed by atoms with Crippen molar-refractivity contribution in [2.24, 2.45) is 5.16 Å². The molecule has 0 saturated carbocycles. The van der Waals surface area contributed by atoms with Crippen LogP contribution in [-0.4, -0.2) is 24.0 Å². The van der Waals surface area contributed by atoms with Gasteiger partial charge in [-0.3, -0.25) is 4.79 Å². The van der Waals surface area contributed by atoms with Crippen molar-refractivity contribution in [2.75, 3.05) is 6.61 Å². The minimum Gasteiger partial charge on any atom is -0.473 e. The van der Waals surface area contributed by atoms with Gasteiger partial charge in [0.2, 0.25) is 6.40 Å². The number of ketones is 1. The van der Waals surface area contributed by atoms with Crippen LogP contribution in [0.15, 0.2) is 5.16 Å². The van der Waals surface area contributed by atoms with Crippen molar-refractivity contribution in [3.05, 3.63) is 0 Å². The van der Waals surface area contributed by atoms with Crippen LogP contribution in [0.25, 0.3) is 0 Å². The first kappa shape index (κ1) is 9.94. The zero-order valence-electron chi connectivity index (χ0n) is 6.62. The van der Waals surface area contributed by atoms with Crippen LogP contribution < -0.4 is 0 Å². The lowest BCUT2D eigenvalue weighted by atomic mass is 10.2. The highest BCUT2D eigenvalue weighted by Gasteiger charge is 1.99. The van der Waals surface area contributed by atoms with Crippen LogP contribution in [-0.2, 0) is 9.53 Å². The quantitative estimate of drug-likeness (QED) is 0.274. The lowest BCUT2D eigenvalue weighted by Crippen LogP contribution is -2.06. The maximum atomic E-state index is 10.8. The van der Waals surface area contributed by atoms with Gasteiger partial charge < -0.3 is 9.94 Å². The predicted octanol–water partition coefficient (Wildman–Crippen LogP) is 1.18. The molecule has 0 spiro atoms. The molecular formula is C7H13NO3. The molecular weight excluding hydrogens is 146 g/mol. The number of hydrogen-bond donors (Lipinski definition) is 1. The molecule has 0 rings (SSSR count). The molecule has 0 atom stereocenters. The lowest BCUT2D eigenvalue weighted by Gasteiger charge is -1.97. The highest BCUT2D eigenvalue weighted by Crippen LogP contribution is 1.94. The molecule has 0 aliphatic heterocycles. The van der Waals surface area contributed by atoms with Crippen LogP contribution in [0.5, 0.6) is 0 Å². The van der Waals surface area contributed by atoms with Crippen LogP contribution in [0.3, 0.4) is 0 Å². The van der Waals surface area contributed by atoms with E-state index in [1.807, 2.05) is 6.92 Å². The smallest absolute Gasteiger partial charge is 0.212 e. The van der Waals surface area contributed by atoms with E-state index in [1.165, 1.54) is 0 Å². The molecule has 0 bridgehead atoms. The zero-order valence-corrected chi connectivity index (χ0v) is 6.62. The Morgan fingerprint density at radius 3 is 3.00 bits per heavy atom. The SMILES string of the molecule is CCCCC(=O)COC=NO. The Bertz CT molecular complexity index is 134. The number of nitrogens with zero attached hydrogens (tertiary/aromatic N) is 1. The maximum Gasteiger partial charge on any atom is 0.212 e. The van der Waals surface area contributed by atoms with Crippen molar-refractivity contribution in [1.82, 2.24) is 0 Å². The largest absolute Gasteiger partial charge is 0.473 e. The first-order valence-corrected chi connectivity index (χ1v) is 3.60. The lowest BCUT2D eigenvalue weighted by molar-refractivity contribution is -0.121. The van der Waals surface area contributed by atoms with Gasteiger partial charge in [0, 0.05) is 6.42 Å². The molecule has 0 aliphatic carbocycles. The average molecular weight is 159 g/mol. The van der Waals surface area contributed by atoms with Gasteiger partial charge in [-0.05, 0) is 6.42 Å². The average Bonchev–Trinajstić information content (AvgIpc) is 2.01. The van der Waals surface area contributed by atoms with E-state index in [4.69, 9.17) is 5.21 Å². The molecule has 1 N–H and O–H groups in total. The van der Waals surface area contributed by atoms with E-state index < -0.39 is 0 Å². The third-order valence-corrected chi connectivity index (χ3v) is 1.18. The van der Waals surface area contributed by atoms with Gasteiger partial charge in [-0.25, -0.2) is 0 Å². The van der Waals surface area contributed by atoms with Gasteiger partial charge in [0.15, 0.2) is 5.78 Å². The van der Waals surface area contributed by atoms with Crippen LogP contribution in [0.1, 0.15) is 26.2 Å². The molecule has 0 aromatic heterocycles. The molecule has 0 amide bonds. The zero-order chi connectivity index (χ0) is 8.53. The van der Waals surface area contributed by atoms with Gasteiger partial charge in [0.25, 0.3) is 0 Å². The Hall–Kier alpha value is -1.06. The van der Waals surface area contributed by atoms with E-state index in [2.05, 4.69) is 9.89 Å². The Balaban J connectivity index is 3.22. The number of carbonyl (C=O) groups is 1. The molecule has 0 saturated heterocycles. The van der Waals surface area contributed by atoms with Crippen molar-refractivity contribution in [3.63, 3.8) is 0 Å². The summed E-state index contributed by atoms with van der Waals surface area (Å²) >= 11 is 0. The molecule has 11 heavy (non-hydrogen) atoms. The summed E-state index contributed by atoms with van der Waals surface area (Å²) in [6.07, 6.45) is 3.28. The van der Waals surface area contributed by atoms with Crippen molar-refractivity contribution in [1.29, 1.82) is 0 Å². The fraction of sp³-hybridized carbons (Fsp3) is 0.714. The second kappa shape index (κ2) is 7.05. The summed E-state index contributed by atoms with van der Waals surface area (Å²) in [7, 11) is 0. The highest BCUT2D eigenvalue weighted by molar-refractivity contribution is 5.80. The van der Waals surface area contributed by atoms with Crippen LogP contribution in [0.2, 0.25) is 0 Å². The van der Waals surface area contributed by atoms with E-state index in [-0.39, 0.29) is 12.4 Å². The molecule has 64 valence electrons. The van der Waals surface area contributed by atoms with Gasteiger partial charge >= 0.3 is 0 Å². The number of Topliss-reactive ketones (excluding diaryl/α,β-unsaturated/α-hetero) is 1. The number of carbonyl (C=O) groups excluding carboxylic acids is 1. The van der Waals surface area contributed by atoms with Crippen molar-refractivity contribution in [2.45, 2.75) is 26.2 Å². The molecule has 0 heterocycles. The third kappa shape index (κ3) is 6.83. The summed E-state index contributed by atoms with van der Waals surface area (Å²) in [6, 6.07) is 0. The topological polar surface area (TPSA) is 58.9 Å². The van der Waals surface area contributed by atoms with E-state index in [1.54, 1.807) is 0 Å². The monoisotopic (exact) mass is 159 g/mol. The van der Waals surface area contributed by atoms with Gasteiger partial charge in [-0.1, -0.05) is 18.5 Å². The number of hydrogen-bond acceptors (Lipinski definition) is 4. The number of ether oxygens (including phenoxy) is 1. The molecule has 0 aromatic rings. The van der Waals surface area contributed by atoms with E-state index in [0.29, 0.717) is 6.42 Å². The first-order valence-electron chi connectivity index (χ1n) is 3.60. The Kier molecular flexibility index (Phi) is 6.37. The molecule has 0 fully saturated rings. The summed E-state index contributed by atoms with van der Waals surface area (Å²) < 4.78 is 4.55. The van der Waals surface area contributed by atoms with Gasteiger partial charge in [-0.15, -0.1) is 0 Å². The van der Waals surface area contributed by atoms with E-state index in [0.717, 1.165) is 19.2 Å². The van der Waals surface area contributed by atoms with Crippen molar-refractivity contribution < 1.29 is 14.7 Å². The summed E-state index contributed by atoms with van der Waals surface area (Å²) in [4.78, 5) is 10.8. The van der Waals surface area contributed by atoms with E-state index in [9.17, 15) is 4.79 Å². The predicted molar refractivity (Wildman–Crippen MR) is 40.8 cm³/mol. The van der Waals surface area contributed by atoms with Gasteiger partial charge in [-0.2, -0.15) is 0 Å². The number of rotatable bonds is 6. The standard InChI is InChI=1S/C7H13NO3/c1-2-3-4-7(9)5-11-6-8-10/h6,10H,2-5H2,1H3. The summed E-state index contributed by atoms with van der Waals surface area (Å²) in [5.74, 6) is 0.0340. The van der Waals surface area contributed by atoms with E-state index >= 15 is 0 Å². The maximum absolute atomic E-state index is 10.8. The fourth-order valence-corrected chi connectivity index (χ4v) is 0.610. The van der Waals surface area contributed by atoms with Gasteiger partial charge in [0.05, 0.1) is 0 Å². The number of oxime groups is 1. The molecule has 4 nitrogen and oxygen atoms in total. The fourth-order valence-electron chi connectivity index (χ4n) is 0.610.